The van der Waals surface area contributed by atoms with Gasteiger partial charge in [-0.3, -0.25) is 4.90 Å². The summed E-state index contributed by atoms with van der Waals surface area (Å²) in [5.74, 6) is 0.893. The summed E-state index contributed by atoms with van der Waals surface area (Å²) < 4.78 is 0. The van der Waals surface area contributed by atoms with Crippen LogP contribution in [0.3, 0.4) is 0 Å². The number of hydrogen-bond donors (Lipinski definition) is 1. The molecule has 0 amide bonds. The molecule has 2 aliphatic rings. The van der Waals surface area contributed by atoms with Crippen LogP contribution in [0.1, 0.15) is 66.2 Å². The van der Waals surface area contributed by atoms with Crippen molar-refractivity contribution in [2.75, 3.05) is 19.6 Å². The molecule has 0 aromatic carbocycles. The summed E-state index contributed by atoms with van der Waals surface area (Å²) in [6.45, 7) is 13.5. The highest BCUT2D eigenvalue weighted by atomic mass is 15.2. The van der Waals surface area contributed by atoms with Crippen molar-refractivity contribution in [2.45, 2.75) is 78.3 Å². The summed E-state index contributed by atoms with van der Waals surface area (Å²) >= 11 is 0. The Morgan fingerprint density at radius 2 is 2.00 bits per heavy atom. The summed E-state index contributed by atoms with van der Waals surface area (Å²) in [5.41, 5.74) is 0.538. The third-order valence-electron chi connectivity index (χ3n) is 5.05. The maximum atomic E-state index is 3.60. The van der Waals surface area contributed by atoms with E-state index in [0.717, 1.165) is 18.0 Å². The lowest BCUT2D eigenvalue weighted by Crippen LogP contribution is -2.53. The zero-order valence-electron chi connectivity index (χ0n) is 13.5. The number of hydrogen-bond acceptors (Lipinski definition) is 2. The molecule has 0 bridgehead atoms. The lowest BCUT2D eigenvalue weighted by atomic mass is 9.70. The molecule has 2 heteroatoms. The minimum Gasteiger partial charge on any atom is -0.315 e. The largest absolute Gasteiger partial charge is 0.315 e. The molecule has 1 heterocycles. The standard InChI is InChI=1S/C17H34N2/c1-5-9-19(15-7-6-8-18-13-15)16-10-14(2)11-17(3,4)12-16/h14-16,18H,5-13H2,1-4H3. The molecule has 1 aliphatic heterocycles. The summed E-state index contributed by atoms with van der Waals surface area (Å²) in [4.78, 5) is 2.86. The van der Waals surface area contributed by atoms with Gasteiger partial charge < -0.3 is 5.32 Å². The van der Waals surface area contributed by atoms with Crippen molar-refractivity contribution in [3.05, 3.63) is 0 Å². The zero-order chi connectivity index (χ0) is 13.9. The molecular formula is C17H34N2. The lowest BCUT2D eigenvalue weighted by molar-refractivity contribution is 0.0311. The van der Waals surface area contributed by atoms with Gasteiger partial charge in [-0.1, -0.05) is 27.7 Å². The highest BCUT2D eigenvalue weighted by Crippen LogP contribution is 2.41. The fourth-order valence-electron chi connectivity index (χ4n) is 4.59. The van der Waals surface area contributed by atoms with E-state index in [9.17, 15) is 0 Å². The molecule has 2 fully saturated rings. The number of nitrogens with zero attached hydrogens (tertiary/aromatic N) is 1. The molecule has 2 rings (SSSR count). The van der Waals surface area contributed by atoms with Crippen molar-refractivity contribution >= 4 is 0 Å². The second-order valence-corrected chi connectivity index (χ2v) is 7.81. The molecule has 0 radical (unpaired) electrons. The van der Waals surface area contributed by atoms with E-state index in [4.69, 9.17) is 0 Å². The minimum absolute atomic E-state index is 0.538. The molecule has 1 saturated carbocycles. The molecule has 2 nitrogen and oxygen atoms in total. The van der Waals surface area contributed by atoms with Gasteiger partial charge in [0, 0.05) is 18.6 Å². The fourth-order valence-corrected chi connectivity index (χ4v) is 4.59. The minimum atomic E-state index is 0.538. The lowest BCUT2D eigenvalue weighted by Gasteiger charge is -2.47. The number of rotatable bonds is 4. The molecule has 0 aromatic rings. The maximum Gasteiger partial charge on any atom is 0.0224 e. The second-order valence-electron chi connectivity index (χ2n) is 7.81. The molecule has 19 heavy (non-hydrogen) atoms. The van der Waals surface area contributed by atoms with Crippen LogP contribution >= 0.6 is 0 Å². The summed E-state index contributed by atoms with van der Waals surface area (Å²) in [6, 6.07) is 1.61. The van der Waals surface area contributed by atoms with Crippen molar-refractivity contribution in [1.82, 2.24) is 10.2 Å². The Morgan fingerprint density at radius 1 is 1.21 bits per heavy atom. The van der Waals surface area contributed by atoms with Gasteiger partial charge in [0.1, 0.15) is 0 Å². The highest BCUT2D eigenvalue weighted by molar-refractivity contribution is 4.91. The Labute approximate surface area is 120 Å². The van der Waals surface area contributed by atoms with Crippen LogP contribution in [0.2, 0.25) is 0 Å². The Kier molecular flexibility index (Phi) is 5.30. The second kappa shape index (κ2) is 6.58. The Bertz CT molecular complexity index is 268. The maximum absolute atomic E-state index is 3.60. The van der Waals surface area contributed by atoms with Gasteiger partial charge >= 0.3 is 0 Å². The van der Waals surface area contributed by atoms with Gasteiger partial charge in [0.2, 0.25) is 0 Å². The van der Waals surface area contributed by atoms with Crippen LogP contribution < -0.4 is 5.32 Å². The van der Waals surface area contributed by atoms with Gasteiger partial charge in [-0.2, -0.15) is 0 Å². The summed E-state index contributed by atoms with van der Waals surface area (Å²) in [7, 11) is 0. The molecule has 3 unspecified atom stereocenters. The van der Waals surface area contributed by atoms with Gasteiger partial charge in [-0.05, 0) is 62.9 Å². The monoisotopic (exact) mass is 266 g/mol. The molecular weight excluding hydrogens is 232 g/mol. The van der Waals surface area contributed by atoms with Crippen LogP contribution in [0.5, 0.6) is 0 Å². The molecule has 3 atom stereocenters. The predicted octanol–water partition coefficient (Wildman–Crippen LogP) is 3.67. The first kappa shape index (κ1) is 15.3. The van der Waals surface area contributed by atoms with E-state index in [-0.39, 0.29) is 0 Å². The van der Waals surface area contributed by atoms with E-state index in [0.29, 0.717) is 5.41 Å². The number of nitrogens with one attached hydrogen (secondary N) is 1. The fraction of sp³-hybridized carbons (Fsp3) is 1.00. The van der Waals surface area contributed by atoms with E-state index in [1.807, 2.05) is 0 Å². The first-order valence-corrected chi connectivity index (χ1v) is 8.48. The van der Waals surface area contributed by atoms with Gasteiger partial charge in [0.25, 0.3) is 0 Å². The van der Waals surface area contributed by atoms with Gasteiger partial charge in [-0.25, -0.2) is 0 Å². The Hall–Kier alpha value is -0.0800. The van der Waals surface area contributed by atoms with E-state index < -0.39 is 0 Å². The van der Waals surface area contributed by atoms with Crippen LogP contribution in [0.15, 0.2) is 0 Å². The average molecular weight is 266 g/mol. The Morgan fingerprint density at radius 3 is 2.58 bits per heavy atom. The molecule has 1 N–H and O–H groups in total. The van der Waals surface area contributed by atoms with Crippen LogP contribution in [0.25, 0.3) is 0 Å². The van der Waals surface area contributed by atoms with Crippen LogP contribution in [-0.2, 0) is 0 Å². The van der Waals surface area contributed by atoms with Crippen molar-refractivity contribution < 1.29 is 0 Å². The van der Waals surface area contributed by atoms with Crippen molar-refractivity contribution in [3.63, 3.8) is 0 Å². The molecule has 112 valence electrons. The highest BCUT2D eigenvalue weighted by Gasteiger charge is 2.37. The number of piperidine rings is 1. The van der Waals surface area contributed by atoms with E-state index in [2.05, 4.69) is 37.9 Å². The van der Waals surface area contributed by atoms with Crippen LogP contribution in [0.4, 0.5) is 0 Å². The normalized spacial score (nSPS) is 35.5. The average Bonchev–Trinajstić information content (AvgIpc) is 2.34. The predicted molar refractivity (Wildman–Crippen MR) is 83.5 cm³/mol. The van der Waals surface area contributed by atoms with Gasteiger partial charge in [-0.15, -0.1) is 0 Å². The van der Waals surface area contributed by atoms with Gasteiger partial charge in [0.15, 0.2) is 0 Å². The zero-order valence-corrected chi connectivity index (χ0v) is 13.5. The first-order valence-electron chi connectivity index (χ1n) is 8.48. The summed E-state index contributed by atoms with van der Waals surface area (Å²) in [6.07, 6.45) is 8.27. The smallest absolute Gasteiger partial charge is 0.0224 e. The molecule has 0 aromatic heterocycles. The van der Waals surface area contributed by atoms with Crippen molar-refractivity contribution in [3.8, 4) is 0 Å². The van der Waals surface area contributed by atoms with Crippen LogP contribution in [0, 0.1) is 11.3 Å². The quantitative estimate of drug-likeness (QED) is 0.835. The van der Waals surface area contributed by atoms with Crippen molar-refractivity contribution in [2.24, 2.45) is 11.3 Å². The van der Waals surface area contributed by atoms with Gasteiger partial charge in [0.05, 0.1) is 0 Å². The van der Waals surface area contributed by atoms with E-state index in [1.165, 1.54) is 58.2 Å². The third kappa shape index (κ3) is 4.19. The Balaban J connectivity index is 2.04. The SMILES string of the molecule is CCCN(C1CCCNC1)C1CC(C)CC(C)(C)C1. The molecule has 1 aliphatic carbocycles. The third-order valence-corrected chi connectivity index (χ3v) is 5.05. The molecule has 0 spiro atoms. The molecule has 1 saturated heterocycles. The first-order chi connectivity index (χ1) is 9.02. The van der Waals surface area contributed by atoms with Crippen molar-refractivity contribution in [1.29, 1.82) is 0 Å². The van der Waals surface area contributed by atoms with E-state index >= 15 is 0 Å². The van der Waals surface area contributed by atoms with E-state index in [1.54, 1.807) is 0 Å². The van der Waals surface area contributed by atoms with Crippen LogP contribution in [-0.4, -0.2) is 36.6 Å². The topological polar surface area (TPSA) is 15.3 Å². The summed E-state index contributed by atoms with van der Waals surface area (Å²) in [5, 5.41) is 3.60.